The van der Waals surface area contributed by atoms with Gasteiger partial charge in [0.05, 0.1) is 12.7 Å². The first-order chi connectivity index (χ1) is 7.19. The molecule has 0 aromatic carbocycles. The zero-order valence-corrected chi connectivity index (χ0v) is 9.49. The summed E-state index contributed by atoms with van der Waals surface area (Å²) in [5, 5.41) is 0. The molecule has 4 nitrogen and oxygen atoms in total. The number of hydrogen-bond acceptors (Lipinski definition) is 4. The van der Waals surface area contributed by atoms with Crippen LogP contribution in [0, 0.1) is 0 Å². The summed E-state index contributed by atoms with van der Waals surface area (Å²) in [5.74, 6) is 0. The van der Waals surface area contributed by atoms with Crippen LogP contribution in [-0.4, -0.2) is 50.3 Å². The number of ether oxygens (including phenoxy) is 4. The van der Waals surface area contributed by atoms with E-state index in [1.807, 2.05) is 6.92 Å². The van der Waals surface area contributed by atoms with Gasteiger partial charge in [-0.15, -0.1) is 0 Å². The average Bonchev–Trinajstić information content (AvgIpc) is 2.85. The molecular formula is C11H18O4. The quantitative estimate of drug-likeness (QED) is 0.694. The second-order valence-corrected chi connectivity index (χ2v) is 4.88. The van der Waals surface area contributed by atoms with Gasteiger partial charge in [0.1, 0.15) is 23.4 Å². The summed E-state index contributed by atoms with van der Waals surface area (Å²) in [6, 6.07) is 0. The fourth-order valence-electron chi connectivity index (χ4n) is 3.30. The van der Waals surface area contributed by atoms with Gasteiger partial charge in [-0.2, -0.15) is 0 Å². The normalized spacial score (nSPS) is 50.2. The number of hydrogen-bond donors (Lipinski definition) is 0. The summed E-state index contributed by atoms with van der Waals surface area (Å²) in [6.07, 6.45) is 2.35. The standard InChI is InChI=1S/C11H18O4/c1-7-8-9(13-3)11(14-7,6-12-2)10(15-8)4-5-10/h7-9H,4-6H2,1-3H3/t7-,8?,9?,11-/m0/s1. The Morgan fingerprint density at radius 3 is 2.53 bits per heavy atom. The molecule has 2 heterocycles. The van der Waals surface area contributed by atoms with Crippen molar-refractivity contribution in [1.82, 2.24) is 0 Å². The van der Waals surface area contributed by atoms with Crippen molar-refractivity contribution in [2.24, 2.45) is 0 Å². The molecule has 1 saturated carbocycles. The predicted octanol–water partition coefficient (Wildman–Crippen LogP) is 0.737. The number of rotatable bonds is 3. The molecule has 86 valence electrons. The zero-order valence-electron chi connectivity index (χ0n) is 9.49. The fraction of sp³-hybridized carbons (Fsp3) is 1.00. The molecule has 0 radical (unpaired) electrons. The topological polar surface area (TPSA) is 36.9 Å². The van der Waals surface area contributed by atoms with E-state index in [9.17, 15) is 0 Å². The van der Waals surface area contributed by atoms with Gasteiger partial charge in [0.25, 0.3) is 0 Å². The summed E-state index contributed by atoms with van der Waals surface area (Å²) in [4.78, 5) is 0. The van der Waals surface area contributed by atoms with Crippen LogP contribution in [0.15, 0.2) is 0 Å². The summed E-state index contributed by atoms with van der Waals surface area (Å²) in [7, 11) is 3.44. The second-order valence-electron chi connectivity index (χ2n) is 4.88. The van der Waals surface area contributed by atoms with Crippen LogP contribution in [0.2, 0.25) is 0 Å². The van der Waals surface area contributed by atoms with Crippen LogP contribution < -0.4 is 0 Å². The maximum atomic E-state index is 6.10. The minimum absolute atomic E-state index is 0.0231. The first-order valence-electron chi connectivity index (χ1n) is 5.56. The first kappa shape index (κ1) is 10.0. The average molecular weight is 214 g/mol. The van der Waals surface area contributed by atoms with E-state index in [1.165, 1.54) is 0 Å². The molecule has 2 unspecified atom stereocenters. The highest BCUT2D eigenvalue weighted by atomic mass is 16.7. The van der Waals surface area contributed by atoms with Crippen LogP contribution in [0.3, 0.4) is 0 Å². The molecule has 2 saturated heterocycles. The second kappa shape index (κ2) is 2.94. The molecule has 15 heavy (non-hydrogen) atoms. The lowest BCUT2D eigenvalue weighted by Crippen LogP contribution is -2.53. The van der Waals surface area contributed by atoms with E-state index in [1.54, 1.807) is 14.2 Å². The Hall–Kier alpha value is -0.160. The van der Waals surface area contributed by atoms with Crippen LogP contribution in [0.4, 0.5) is 0 Å². The largest absolute Gasteiger partial charge is 0.381 e. The van der Waals surface area contributed by atoms with Crippen molar-refractivity contribution in [2.45, 2.75) is 49.3 Å². The van der Waals surface area contributed by atoms with Crippen molar-refractivity contribution in [3.8, 4) is 0 Å². The Morgan fingerprint density at radius 1 is 1.27 bits per heavy atom. The van der Waals surface area contributed by atoms with Gasteiger partial charge in [-0.3, -0.25) is 0 Å². The predicted molar refractivity (Wildman–Crippen MR) is 52.8 cm³/mol. The SMILES string of the molecule is COC[C@@]12O[C@@H](C)C(OC13CC3)C2OC. The Balaban J connectivity index is 1.97. The van der Waals surface area contributed by atoms with Gasteiger partial charge in [-0.25, -0.2) is 0 Å². The number of fused-ring (bicyclic) bond motifs is 3. The van der Waals surface area contributed by atoms with Crippen molar-refractivity contribution in [1.29, 1.82) is 0 Å². The minimum Gasteiger partial charge on any atom is -0.381 e. The molecule has 3 rings (SSSR count). The molecule has 3 aliphatic rings. The van der Waals surface area contributed by atoms with Crippen LogP contribution >= 0.6 is 0 Å². The molecule has 0 aromatic heterocycles. The van der Waals surface area contributed by atoms with E-state index >= 15 is 0 Å². The van der Waals surface area contributed by atoms with Crippen molar-refractivity contribution >= 4 is 0 Å². The Bertz CT molecular complexity index is 276. The third-order valence-electron chi connectivity index (χ3n) is 4.07. The highest BCUT2D eigenvalue weighted by Crippen LogP contribution is 2.62. The highest BCUT2D eigenvalue weighted by molar-refractivity contribution is 5.26. The molecule has 4 atom stereocenters. The van der Waals surface area contributed by atoms with Crippen molar-refractivity contribution in [3.05, 3.63) is 0 Å². The zero-order chi connectivity index (χ0) is 10.7. The van der Waals surface area contributed by atoms with E-state index in [4.69, 9.17) is 18.9 Å². The summed E-state index contributed by atoms with van der Waals surface area (Å²) in [5.41, 5.74) is -0.471. The monoisotopic (exact) mass is 214 g/mol. The third kappa shape index (κ3) is 1.01. The molecule has 0 N–H and O–H groups in total. The molecule has 2 bridgehead atoms. The minimum atomic E-state index is -0.361. The third-order valence-corrected chi connectivity index (χ3v) is 4.07. The lowest BCUT2D eigenvalue weighted by molar-refractivity contribution is -0.212. The number of methoxy groups -OCH3 is 2. The summed E-state index contributed by atoms with van der Waals surface area (Å²) >= 11 is 0. The van der Waals surface area contributed by atoms with Crippen molar-refractivity contribution in [2.75, 3.05) is 20.8 Å². The van der Waals surface area contributed by atoms with E-state index < -0.39 is 0 Å². The van der Waals surface area contributed by atoms with Crippen LogP contribution in [0.1, 0.15) is 19.8 Å². The molecule has 3 fully saturated rings. The van der Waals surface area contributed by atoms with Gasteiger partial charge in [-0.05, 0) is 19.8 Å². The smallest absolute Gasteiger partial charge is 0.149 e. The maximum Gasteiger partial charge on any atom is 0.149 e. The molecule has 2 aliphatic heterocycles. The van der Waals surface area contributed by atoms with Gasteiger partial charge in [0.15, 0.2) is 0 Å². The van der Waals surface area contributed by atoms with Crippen LogP contribution in [-0.2, 0) is 18.9 Å². The molecular weight excluding hydrogens is 196 g/mol. The van der Waals surface area contributed by atoms with Crippen molar-refractivity contribution in [3.63, 3.8) is 0 Å². The van der Waals surface area contributed by atoms with Crippen LogP contribution in [0.25, 0.3) is 0 Å². The molecule has 4 heteroatoms. The van der Waals surface area contributed by atoms with Gasteiger partial charge < -0.3 is 18.9 Å². The van der Waals surface area contributed by atoms with Gasteiger partial charge >= 0.3 is 0 Å². The summed E-state index contributed by atoms with van der Waals surface area (Å²) < 4.78 is 23.1. The van der Waals surface area contributed by atoms with Gasteiger partial charge in [0, 0.05) is 14.2 Å². The Morgan fingerprint density at radius 2 is 2.00 bits per heavy atom. The highest BCUT2D eigenvalue weighted by Gasteiger charge is 2.77. The van der Waals surface area contributed by atoms with E-state index in [0.29, 0.717) is 6.61 Å². The molecule has 0 amide bonds. The van der Waals surface area contributed by atoms with Crippen LogP contribution in [0.5, 0.6) is 0 Å². The Kier molecular flexibility index (Phi) is 1.97. The Labute approximate surface area is 89.8 Å². The van der Waals surface area contributed by atoms with E-state index in [2.05, 4.69) is 0 Å². The fourth-order valence-corrected chi connectivity index (χ4v) is 3.30. The molecule has 0 aromatic rings. The first-order valence-corrected chi connectivity index (χ1v) is 5.56. The van der Waals surface area contributed by atoms with E-state index in [-0.39, 0.29) is 29.5 Å². The lowest BCUT2D eigenvalue weighted by atomic mass is 9.91. The maximum absolute atomic E-state index is 6.10. The lowest BCUT2D eigenvalue weighted by Gasteiger charge is -2.37. The van der Waals surface area contributed by atoms with Crippen molar-refractivity contribution < 1.29 is 18.9 Å². The summed E-state index contributed by atoms with van der Waals surface area (Å²) in [6.45, 7) is 2.61. The van der Waals surface area contributed by atoms with Gasteiger partial charge in [-0.1, -0.05) is 0 Å². The van der Waals surface area contributed by atoms with E-state index in [0.717, 1.165) is 12.8 Å². The molecule has 1 aliphatic carbocycles. The van der Waals surface area contributed by atoms with Gasteiger partial charge in [0.2, 0.25) is 0 Å². The molecule has 1 spiro atoms.